The highest BCUT2D eigenvalue weighted by atomic mass is 16.6. The smallest absolute Gasteiger partial charge is 0.332 e. The van der Waals surface area contributed by atoms with Gasteiger partial charge in [-0.05, 0) is 24.6 Å². The summed E-state index contributed by atoms with van der Waals surface area (Å²) in [6.07, 6.45) is 0. The molecule has 2 aromatic rings. The number of aromatic nitrogens is 2. The van der Waals surface area contributed by atoms with E-state index in [4.69, 9.17) is 10.5 Å². The third kappa shape index (κ3) is 3.35. The van der Waals surface area contributed by atoms with Gasteiger partial charge in [0, 0.05) is 6.54 Å². The normalized spacial score (nSPS) is 10.2. The van der Waals surface area contributed by atoms with Crippen LogP contribution in [0, 0.1) is 17.0 Å². The highest BCUT2D eigenvalue weighted by molar-refractivity contribution is 5.60. The number of methoxy groups -OCH3 is 1. The SMILES string of the molecule is COc1ccc(CNc2nc(N)nc(C)c2[N+](=O)[O-])cc1. The van der Waals surface area contributed by atoms with Crippen LogP contribution in [0.15, 0.2) is 24.3 Å². The number of nitrogens with two attached hydrogens (primary N) is 1. The van der Waals surface area contributed by atoms with Crippen LogP contribution in [-0.2, 0) is 6.54 Å². The number of nitro groups is 1. The summed E-state index contributed by atoms with van der Waals surface area (Å²) in [5, 5.41) is 14.0. The third-order valence-electron chi connectivity index (χ3n) is 2.88. The van der Waals surface area contributed by atoms with Crippen LogP contribution in [0.4, 0.5) is 17.5 Å². The number of aryl methyl sites for hydroxylation is 1. The molecule has 8 nitrogen and oxygen atoms in total. The van der Waals surface area contributed by atoms with E-state index < -0.39 is 4.92 Å². The molecule has 3 N–H and O–H groups in total. The zero-order valence-corrected chi connectivity index (χ0v) is 11.7. The minimum atomic E-state index is -0.523. The first-order valence-electron chi connectivity index (χ1n) is 6.16. The Morgan fingerprint density at radius 2 is 2.00 bits per heavy atom. The van der Waals surface area contributed by atoms with E-state index in [9.17, 15) is 10.1 Å². The maximum atomic E-state index is 11.1. The van der Waals surface area contributed by atoms with E-state index in [1.54, 1.807) is 7.11 Å². The molecule has 1 heterocycles. The molecule has 0 aliphatic carbocycles. The standard InChI is InChI=1S/C13H15N5O3/c1-8-11(18(19)20)12(17-13(14)16-8)15-7-9-3-5-10(21-2)6-4-9/h3-6H,7H2,1-2H3,(H3,14,15,16,17). The number of hydrogen-bond donors (Lipinski definition) is 2. The van der Waals surface area contributed by atoms with Crippen molar-refractivity contribution in [2.45, 2.75) is 13.5 Å². The second kappa shape index (κ2) is 6.04. The van der Waals surface area contributed by atoms with Crippen LogP contribution in [0.3, 0.4) is 0 Å². The number of nitrogens with one attached hydrogen (secondary N) is 1. The van der Waals surface area contributed by atoms with Crippen LogP contribution in [0.5, 0.6) is 5.75 Å². The molecule has 8 heteroatoms. The molecule has 0 aliphatic heterocycles. The molecule has 0 saturated heterocycles. The number of nitrogens with zero attached hydrogens (tertiary/aromatic N) is 3. The third-order valence-corrected chi connectivity index (χ3v) is 2.88. The van der Waals surface area contributed by atoms with Crippen molar-refractivity contribution in [2.24, 2.45) is 0 Å². The molecule has 1 aromatic heterocycles. The average molecular weight is 289 g/mol. The fourth-order valence-electron chi connectivity index (χ4n) is 1.86. The van der Waals surface area contributed by atoms with Gasteiger partial charge in [0.1, 0.15) is 11.4 Å². The van der Waals surface area contributed by atoms with E-state index in [-0.39, 0.29) is 23.1 Å². The molecule has 0 atom stereocenters. The number of hydrogen-bond acceptors (Lipinski definition) is 7. The van der Waals surface area contributed by atoms with E-state index in [0.29, 0.717) is 6.54 Å². The summed E-state index contributed by atoms with van der Waals surface area (Å²) >= 11 is 0. The first-order valence-corrected chi connectivity index (χ1v) is 6.16. The molecular formula is C13H15N5O3. The number of rotatable bonds is 5. The number of nitrogen functional groups attached to an aromatic ring is 1. The zero-order valence-electron chi connectivity index (χ0n) is 11.7. The van der Waals surface area contributed by atoms with Crippen LogP contribution < -0.4 is 15.8 Å². The fraction of sp³-hybridized carbons (Fsp3) is 0.231. The van der Waals surface area contributed by atoms with E-state index in [1.807, 2.05) is 24.3 Å². The van der Waals surface area contributed by atoms with Gasteiger partial charge >= 0.3 is 5.69 Å². The van der Waals surface area contributed by atoms with Crippen LogP contribution in [0.25, 0.3) is 0 Å². The van der Waals surface area contributed by atoms with Crippen molar-refractivity contribution in [1.82, 2.24) is 9.97 Å². The Kier molecular flexibility index (Phi) is 4.17. The lowest BCUT2D eigenvalue weighted by Gasteiger charge is -2.08. The Bertz CT molecular complexity index is 658. The highest BCUT2D eigenvalue weighted by Crippen LogP contribution is 2.26. The maximum Gasteiger partial charge on any atom is 0.332 e. The van der Waals surface area contributed by atoms with Crippen molar-refractivity contribution in [3.63, 3.8) is 0 Å². The Balaban J connectivity index is 2.20. The van der Waals surface area contributed by atoms with Gasteiger partial charge in [-0.25, -0.2) is 4.98 Å². The highest BCUT2D eigenvalue weighted by Gasteiger charge is 2.21. The summed E-state index contributed by atoms with van der Waals surface area (Å²) in [5.74, 6) is 0.850. The summed E-state index contributed by atoms with van der Waals surface area (Å²) in [6.45, 7) is 1.90. The van der Waals surface area contributed by atoms with Gasteiger partial charge in [0.15, 0.2) is 0 Å². The predicted molar refractivity (Wildman–Crippen MR) is 78.2 cm³/mol. The maximum absolute atomic E-state index is 11.1. The van der Waals surface area contributed by atoms with Gasteiger partial charge in [0.05, 0.1) is 12.0 Å². The van der Waals surface area contributed by atoms with Gasteiger partial charge in [-0.15, -0.1) is 0 Å². The average Bonchev–Trinajstić information content (AvgIpc) is 2.44. The topological polar surface area (TPSA) is 116 Å². The van der Waals surface area contributed by atoms with Crippen LogP contribution in [0.1, 0.15) is 11.3 Å². The lowest BCUT2D eigenvalue weighted by molar-refractivity contribution is -0.385. The van der Waals surface area contributed by atoms with Gasteiger partial charge in [-0.3, -0.25) is 10.1 Å². The Labute approximate surface area is 121 Å². The summed E-state index contributed by atoms with van der Waals surface area (Å²) in [4.78, 5) is 18.2. The van der Waals surface area contributed by atoms with E-state index in [1.165, 1.54) is 6.92 Å². The molecule has 21 heavy (non-hydrogen) atoms. The van der Waals surface area contributed by atoms with Gasteiger partial charge in [-0.1, -0.05) is 12.1 Å². The zero-order chi connectivity index (χ0) is 15.4. The van der Waals surface area contributed by atoms with Crippen LogP contribution in [-0.4, -0.2) is 22.0 Å². The summed E-state index contributed by atoms with van der Waals surface area (Å²) in [6, 6.07) is 7.33. The minimum absolute atomic E-state index is 0.00432. The summed E-state index contributed by atoms with van der Waals surface area (Å²) < 4.78 is 5.07. The molecule has 0 saturated carbocycles. The van der Waals surface area contributed by atoms with Crippen molar-refractivity contribution in [2.75, 3.05) is 18.2 Å². The molecule has 0 unspecified atom stereocenters. The second-order valence-electron chi connectivity index (χ2n) is 4.32. The number of anilines is 2. The Hall–Kier alpha value is -2.90. The molecule has 2 rings (SSSR count). The Morgan fingerprint density at radius 1 is 1.33 bits per heavy atom. The van der Waals surface area contributed by atoms with Crippen molar-refractivity contribution in [3.8, 4) is 5.75 Å². The molecule has 0 aliphatic rings. The molecule has 1 aromatic carbocycles. The lowest BCUT2D eigenvalue weighted by atomic mass is 10.2. The van der Waals surface area contributed by atoms with Gasteiger partial charge in [0.2, 0.25) is 11.8 Å². The van der Waals surface area contributed by atoms with Crippen molar-refractivity contribution < 1.29 is 9.66 Å². The molecule has 0 bridgehead atoms. The number of benzene rings is 1. The summed E-state index contributed by atoms with van der Waals surface area (Å²) in [7, 11) is 1.59. The Morgan fingerprint density at radius 3 is 2.57 bits per heavy atom. The van der Waals surface area contributed by atoms with Crippen LogP contribution in [0.2, 0.25) is 0 Å². The molecule has 0 spiro atoms. The fourth-order valence-corrected chi connectivity index (χ4v) is 1.86. The molecule has 0 fully saturated rings. The minimum Gasteiger partial charge on any atom is -0.497 e. The summed E-state index contributed by atoms with van der Waals surface area (Å²) in [5.41, 5.74) is 6.52. The van der Waals surface area contributed by atoms with E-state index in [2.05, 4.69) is 15.3 Å². The van der Waals surface area contributed by atoms with E-state index in [0.717, 1.165) is 11.3 Å². The predicted octanol–water partition coefficient (Wildman–Crippen LogP) is 1.90. The van der Waals surface area contributed by atoms with Gasteiger partial charge in [0.25, 0.3) is 0 Å². The van der Waals surface area contributed by atoms with Crippen molar-refractivity contribution in [1.29, 1.82) is 0 Å². The van der Waals surface area contributed by atoms with Crippen molar-refractivity contribution in [3.05, 3.63) is 45.6 Å². The monoisotopic (exact) mass is 289 g/mol. The number of ether oxygens (including phenoxy) is 1. The lowest BCUT2D eigenvalue weighted by Crippen LogP contribution is -2.09. The van der Waals surface area contributed by atoms with E-state index >= 15 is 0 Å². The van der Waals surface area contributed by atoms with Crippen molar-refractivity contribution >= 4 is 17.5 Å². The molecule has 110 valence electrons. The largest absolute Gasteiger partial charge is 0.497 e. The molecule has 0 radical (unpaired) electrons. The first-order chi connectivity index (χ1) is 10.0. The molecular weight excluding hydrogens is 274 g/mol. The van der Waals surface area contributed by atoms with Gasteiger partial charge in [-0.2, -0.15) is 4.98 Å². The quantitative estimate of drug-likeness (QED) is 0.637. The second-order valence-corrected chi connectivity index (χ2v) is 4.32. The van der Waals surface area contributed by atoms with Crippen LogP contribution >= 0.6 is 0 Å². The molecule has 0 amide bonds. The van der Waals surface area contributed by atoms with Gasteiger partial charge < -0.3 is 15.8 Å². The first kappa shape index (κ1) is 14.5.